The zero-order chi connectivity index (χ0) is 18.7. The number of nitrogens with zero attached hydrogens (tertiary/aromatic N) is 2. The fraction of sp³-hybridized carbons (Fsp3) is 0.118. The van der Waals surface area contributed by atoms with Crippen molar-refractivity contribution in [3.8, 4) is 0 Å². The molecule has 9 heteroatoms. The third kappa shape index (κ3) is 4.07. The minimum atomic E-state index is -0.279. The highest BCUT2D eigenvalue weighted by Crippen LogP contribution is 2.26. The van der Waals surface area contributed by atoms with E-state index in [9.17, 15) is 9.59 Å². The van der Waals surface area contributed by atoms with Crippen molar-refractivity contribution in [2.45, 2.75) is 6.54 Å². The maximum Gasteiger partial charge on any atom is 0.337 e. The number of aromatic amines is 1. The van der Waals surface area contributed by atoms with E-state index in [4.69, 9.17) is 23.2 Å². The summed E-state index contributed by atoms with van der Waals surface area (Å²) in [5.74, 6) is -0.184. The number of rotatable bonds is 4. The highest BCUT2D eigenvalue weighted by Gasteiger charge is 2.08. The first-order valence-corrected chi connectivity index (χ1v) is 9.14. The summed E-state index contributed by atoms with van der Waals surface area (Å²) in [7, 11) is 1.57. The number of amides is 1. The number of hydrogen-bond acceptors (Lipinski definition) is 4. The average molecular weight is 409 g/mol. The number of H-pyrrole nitrogens is 1. The number of hydrogen-bond donors (Lipinski definition) is 2. The first kappa shape index (κ1) is 18.4. The SMILES string of the molecule is CNC(=O)c1cccc(Cn2c(=O)[nH]s/c2=N\c2ccc(Cl)c(Cl)c2)c1. The maximum atomic E-state index is 12.2. The summed E-state index contributed by atoms with van der Waals surface area (Å²) >= 11 is 13.0. The Hall–Kier alpha value is -2.35. The molecule has 26 heavy (non-hydrogen) atoms. The van der Waals surface area contributed by atoms with E-state index in [1.54, 1.807) is 43.4 Å². The van der Waals surface area contributed by atoms with Crippen LogP contribution in [0.4, 0.5) is 5.69 Å². The number of aromatic nitrogens is 2. The van der Waals surface area contributed by atoms with Crippen molar-refractivity contribution in [1.82, 2.24) is 14.3 Å². The Morgan fingerprint density at radius 3 is 2.77 bits per heavy atom. The Labute approximate surface area is 162 Å². The van der Waals surface area contributed by atoms with E-state index in [0.29, 0.717) is 26.1 Å². The van der Waals surface area contributed by atoms with Gasteiger partial charge in [0.2, 0.25) is 4.80 Å². The van der Waals surface area contributed by atoms with E-state index >= 15 is 0 Å². The van der Waals surface area contributed by atoms with Crippen LogP contribution in [0.5, 0.6) is 0 Å². The van der Waals surface area contributed by atoms with Crippen molar-refractivity contribution in [2.24, 2.45) is 4.99 Å². The van der Waals surface area contributed by atoms with E-state index in [2.05, 4.69) is 14.7 Å². The molecule has 0 fully saturated rings. The van der Waals surface area contributed by atoms with Crippen LogP contribution in [0.25, 0.3) is 0 Å². The summed E-state index contributed by atoms with van der Waals surface area (Å²) in [6.45, 7) is 0.282. The van der Waals surface area contributed by atoms with E-state index in [-0.39, 0.29) is 18.1 Å². The lowest BCUT2D eigenvalue weighted by molar-refractivity contribution is 0.0963. The van der Waals surface area contributed by atoms with Crippen LogP contribution in [0, 0.1) is 0 Å². The molecule has 0 saturated heterocycles. The Kier molecular flexibility index (Phi) is 5.61. The fourth-order valence-corrected chi connectivity index (χ4v) is 3.30. The van der Waals surface area contributed by atoms with Crippen LogP contribution in [-0.2, 0) is 6.54 Å². The molecule has 6 nitrogen and oxygen atoms in total. The maximum absolute atomic E-state index is 12.2. The van der Waals surface area contributed by atoms with Gasteiger partial charge in [-0.15, -0.1) is 0 Å². The van der Waals surface area contributed by atoms with Crippen molar-refractivity contribution in [1.29, 1.82) is 0 Å². The summed E-state index contributed by atoms with van der Waals surface area (Å²) in [5.41, 5.74) is 1.65. The van der Waals surface area contributed by atoms with Gasteiger partial charge in [0.05, 0.1) is 22.3 Å². The van der Waals surface area contributed by atoms with Gasteiger partial charge in [-0.2, -0.15) is 0 Å². The van der Waals surface area contributed by atoms with E-state index < -0.39 is 0 Å². The molecule has 3 aromatic rings. The van der Waals surface area contributed by atoms with E-state index in [1.807, 2.05) is 6.07 Å². The molecule has 0 radical (unpaired) electrons. The number of carbonyl (C=O) groups excluding carboxylic acids is 1. The Morgan fingerprint density at radius 2 is 2.04 bits per heavy atom. The van der Waals surface area contributed by atoms with Crippen LogP contribution in [0.15, 0.2) is 52.3 Å². The van der Waals surface area contributed by atoms with Crippen molar-refractivity contribution in [2.75, 3.05) is 7.05 Å². The van der Waals surface area contributed by atoms with Crippen LogP contribution < -0.4 is 15.8 Å². The molecule has 1 aromatic heterocycles. The molecule has 0 unspecified atom stereocenters. The Balaban J connectivity index is 1.98. The molecule has 0 aliphatic rings. The summed E-state index contributed by atoms with van der Waals surface area (Å²) < 4.78 is 4.17. The number of nitrogens with one attached hydrogen (secondary N) is 2. The van der Waals surface area contributed by atoms with Crippen LogP contribution in [-0.4, -0.2) is 21.9 Å². The Bertz CT molecular complexity index is 1080. The van der Waals surface area contributed by atoms with Gasteiger partial charge in [0.1, 0.15) is 0 Å². The molecule has 0 aliphatic heterocycles. The quantitative estimate of drug-likeness (QED) is 0.694. The molecule has 134 valence electrons. The topological polar surface area (TPSA) is 79.2 Å². The molecule has 3 rings (SSSR count). The third-order valence-corrected chi connectivity index (χ3v) is 5.10. The van der Waals surface area contributed by atoms with E-state index in [1.165, 1.54) is 4.57 Å². The molecule has 0 atom stereocenters. The smallest absolute Gasteiger partial charge is 0.337 e. The molecular formula is C17H14Cl2N4O2S. The summed E-state index contributed by atoms with van der Waals surface area (Å²) in [4.78, 5) is 28.9. The van der Waals surface area contributed by atoms with E-state index in [0.717, 1.165) is 17.1 Å². The van der Waals surface area contributed by atoms with Gasteiger partial charge in [-0.1, -0.05) is 35.3 Å². The standard InChI is InChI=1S/C17H14Cl2N4O2S/c1-20-15(24)11-4-2-3-10(7-11)9-23-16(25)22-26-17(23)21-12-5-6-13(18)14(19)8-12/h2-8H,9H2,1H3,(H,20,24)(H,22,25)/b21-17-. The highest BCUT2D eigenvalue weighted by molar-refractivity contribution is 7.02. The van der Waals surface area contributed by atoms with Crippen LogP contribution in [0.1, 0.15) is 15.9 Å². The zero-order valence-corrected chi connectivity index (χ0v) is 16.0. The molecule has 0 saturated carbocycles. The largest absolute Gasteiger partial charge is 0.355 e. The zero-order valence-electron chi connectivity index (χ0n) is 13.6. The summed E-state index contributed by atoms with van der Waals surface area (Å²) in [6, 6.07) is 12.1. The minimum Gasteiger partial charge on any atom is -0.355 e. The number of carbonyl (C=O) groups is 1. The lowest BCUT2D eigenvalue weighted by atomic mass is 10.1. The first-order valence-electron chi connectivity index (χ1n) is 7.57. The predicted molar refractivity (Wildman–Crippen MR) is 104 cm³/mol. The number of halogens is 2. The van der Waals surface area contributed by atoms with Crippen LogP contribution >= 0.6 is 34.7 Å². The predicted octanol–water partition coefficient (Wildman–Crippen LogP) is 3.19. The van der Waals surface area contributed by atoms with Gasteiger partial charge in [0.25, 0.3) is 5.91 Å². The van der Waals surface area contributed by atoms with Gasteiger partial charge < -0.3 is 5.32 Å². The monoisotopic (exact) mass is 408 g/mol. The van der Waals surface area contributed by atoms with Gasteiger partial charge >= 0.3 is 5.69 Å². The average Bonchev–Trinajstić information content (AvgIpc) is 2.97. The molecule has 0 spiro atoms. The second kappa shape index (κ2) is 7.90. The van der Waals surface area contributed by atoms with Gasteiger partial charge in [0.15, 0.2) is 0 Å². The van der Waals surface area contributed by atoms with Crippen LogP contribution in [0.2, 0.25) is 10.0 Å². The Morgan fingerprint density at radius 1 is 1.23 bits per heavy atom. The lowest BCUT2D eigenvalue weighted by Gasteiger charge is -2.05. The molecule has 0 aliphatic carbocycles. The molecule has 2 aromatic carbocycles. The molecular weight excluding hydrogens is 395 g/mol. The summed E-state index contributed by atoms with van der Waals surface area (Å²) in [6.07, 6.45) is 0. The third-order valence-electron chi connectivity index (χ3n) is 3.59. The second-order valence-corrected chi connectivity index (χ2v) is 6.96. The lowest BCUT2D eigenvalue weighted by Crippen LogP contribution is -2.27. The molecule has 1 amide bonds. The minimum absolute atomic E-state index is 0.184. The number of benzene rings is 2. The first-order chi connectivity index (χ1) is 12.5. The van der Waals surface area contributed by atoms with Gasteiger partial charge in [-0.05, 0) is 47.4 Å². The normalized spacial score (nSPS) is 11.6. The van der Waals surface area contributed by atoms with Crippen molar-refractivity contribution < 1.29 is 4.79 Å². The van der Waals surface area contributed by atoms with Gasteiger partial charge in [0, 0.05) is 12.6 Å². The van der Waals surface area contributed by atoms with Crippen molar-refractivity contribution in [3.05, 3.63) is 78.9 Å². The fourth-order valence-electron chi connectivity index (χ4n) is 2.31. The molecule has 2 N–H and O–H groups in total. The van der Waals surface area contributed by atoms with Crippen molar-refractivity contribution in [3.63, 3.8) is 0 Å². The molecule has 0 bridgehead atoms. The van der Waals surface area contributed by atoms with Gasteiger partial charge in [-0.25, -0.2) is 9.79 Å². The van der Waals surface area contributed by atoms with Crippen LogP contribution in [0.3, 0.4) is 0 Å². The second-order valence-electron chi connectivity index (χ2n) is 5.37. The summed E-state index contributed by atoms with van der Waals surface area (Å²) in [5, 5.41) is 3.41. The van der Waals surface area contributed by atoms with Crippen molar-refractivity contribution >= 4 is 46.3 Å². The highest BCUT2D eigenvalue weighted by atomic mass is 35.5. The van der Waals surface area contributed by atoms with Gasteiger partial charge in [-0.3, -0.25) is 13.7 Å². The molecule has 1 heterocycles.